The highest BCUT2D eigenvalue weighted by Gasteiger charge is 2.48. The summed E-state index contributed by atoms with van der Waals surface area (Å²) in [7, 11) is 4.70. The molecule has 0 radical (unpaired) electrons. The molecule has 0 aromatic heterocycles. The highest BCUT2D eigenvalue weighted by Crippen LogP contribution is 2.51. The molecule has 1 aliphatic carbocycles. The van der Waals surface area contributed by atoms with Gasteiger partial charge in [0.1, 0.15) is 0 Å². The highest BCUT2D eigenvalue weighted by atomic mass is 79.9. The zero-order valence-corrected chi connectivity index (χ0v) is 17.4. The summed E-state index contributed by atoms with van der Waals surface area (Å²) in [5, 5.41) is 10.2. The van der Waals surface area contributed by atoms with E-state index in [4.69, 9.17) is 18.9 Å². The van der Waals surface area contributed by atoms with Gasteiger partial charge in [-0.15, -0.1) is 0 Å². The molecule has 28 heavy (non-hydrogen) atoms. The first-order chi connectivity index (χ1) is 13.5. The van der Waals surface area contributed by atoms with E-state index in [0.717, 1.165) is 23.1 Å². The summed E-state index contributed by atoms with van der Waals surface area (Å²) in [5.74, 6) is 0.996. The van der Waals surface area contributed by atoms with E-state index < -0.39 is 0 Å². The Morgan fingerprint density at radius 2 is 1.71 bits per heavy atom. The van der Waals surface area contributed by atoms with Crippen LogP contribution >= 0.6 is 15.9 Å². The Balaban J connectivity index is 1.94. The lowest BCUT2D eigenvalue weighted by molar-refractivity contribution is -0.141. The average molecular weight is 449 g/mol. The van der Waals surface area contributed by atoms with Crippen LogP contribution in [0.3, 0.4) is 0 Å². The molecular weight excluding hydrogens is 428 g/mol. The second kappa shape index (κ2) is 7.20. The summed E-state index contributed by atoms with van der Waals surface area (Å²) in [6, 6.07) is 7.52. The van der Waals surface area contributed by atoms with Crippen LogP contribution < -0.4 is 14.2 Å². The van der Waals surface area contributed by atoms with E-state index in [2.05, 4.69) is 15.9 Å². The Bertz CT molecular complexity index is 941. The lowest BCUT2D eigenvalue weighted by atomic mass is 9.67. The third-order valence-corrected chi connectivity index (χ3v) is 6.28. The van der Waals surface area contributed by atoms with Crippen LogP contribution in [-0.2, 0) is 16.0 Å². The SMILES string of the molecule is COc1cc2c(cc1OC)[C@@H](c1cc(Br)c(O)c(OC)c1)[C@H]1C(=O)OC[C@H]1C2. The average Bonchev–Trinajstić information content (AvgIpc) is 3.07. The number of benzene rings is 2. The maximum Gasteiger partial charge on any atom is 0.310 e. The quantitative estimate of drug-likeness (QED) is 0.719. The predicted molar refractivity (Wildman–Crippen MR) is 105 cm³/mol. The van der Waals surface area contributed by atoms with Crippen LogP contribution in [0.15, 0.2) is 28.7 Å². The van der Waals surface area contributed by atoms with Gasteiger partial charge in [-0.3, -0.25) is 4.79 Å². The van der Waals surface area contributed by atoms with Crippen molar-refractivity contribution < 1.29 is 28.8 Å². The lowest BCUT2D eigenvalue weighted by Gasteiger charge is -2.34. The molecular formula is C21H21BrO6. The molecule has 0 bridgehead atoms. The zero-order valence-electron chi connectivity index (χ0n) is 15.8. The summed E-state index contributed by atoms with van der Waals surface area (Å²) < 4.78 is 22.2. The van der Waals surface area contributed by atoms with Crippen LogP contribution in [0.1, 0.15) is 22.6 Å². The van der Waals surface area contributed by atoms with E-state index in [1.807, 2.05) is 18.2 Å². The molecule has 2 aromatic carbocycles. The summed E-state index contributed by atoms with van der Waals surface area (Å²) >= 11 is 3.39. The molecule has 0 saturated carbocycles. The number of carbonyl (C=O) groups excluding carboxylic acids is 1. The minimum Gasteiger partial charge on any atom is -0.503 e. The summed E-state index contributed by atoms with van der Waals surface area (Å²) in [6.45, 7) is 0.407. The molecule has 1 saturated heterocycles. The van der Waals surface area contributed by atoms with Crippen molar-refractivity contribution >= 4 is 21.9 Å². The molecule has 1 aliphatic heterocycles. The van der Waals surface area contributed by atoms with Gasteiger partial charge >= 0.3 is 5.97 Å². The number of phenolic OH excluding ortho intramolecular Hbond substituents is 1. The Morgan fingerprint density at radius 1 is 1.04 bits per heavy atom. The number of halogens is 1. The van der Waals surface area contributed by atoms with E-state index >= 15 is 0 Å². The summed E-state index contributed by atoms with van der Waals surface area (Å²) in [6.07, 6.45) is 0.735. The van der Waals surface area contributed by atoms with E-state index in [1.165, 1.54) is 7.11 Å². The smallest absolute Gasteiger partial charge is 0.310 e. The Hall–Kier alpha value is -2.41. The number of cyclic esters (lactones) is 1. The molecule has 6 nitrogen and oxygen atoms in total. The van der Waals surface area contributed by atoms with Crippen LogP contribution in [0.4, 0.5) is 0 Å². The van der Waals surface area contributed by atoms with Crippen LogP contribution in [0, 0.1) is 11.8 Å². The fourth-order valence-corrected chi connectivity index (χ4v) is 4.83. The van der Waals surface area contributed by atoms with E-state index in [0.29, 0.717) is 28.3 Å². The van der Waals surface area contributed by atoms with Gasteiger partial charge in [-0.05, 0) is 63.3 Å². The normalized spacial score (nSPS) is 22.9. The summed E-state index contributed by atoms with van der Waals surface area (Å²) in [5.41, 5.74) is 2.96. The number of hydrogen-bond donors (Lipinski definition) is 1. The molecule has 1 heterocycles. The first kappa shape index (κ1) is 18.9. The number of esters is 1. The number of phenols is 1. The Labute approximate surface area is 171 Å². The monoisotopic (exact) mass is 448 g/mol. The van der Waals surface area contributed by atoms with Gasteiger partial charge in [0.25, 0.3) is 0 Å². The van der Waals surface area contributed by atoms with Crippen molar-refractivity contribution in [3.05, 3.63) is 45.4 Å². The maximum atomic E-state index is 12.6. The van der Waals surface area contributed by atoms with Crippen LogP contribution in [0.5, 0.6) is 23.0 Å². The van der Waals surface area contributed by atoms with Crippen LogP contribution in [0.25, 0.3) is 0 Å². The second-order valence-corrected chi connectivity index (χ2v) is 7.91. The second-order valence-electron chi connectivity index (χ2n) is 7.06. The molecule has 2 aliphatic rings. The lowest BCUT2D eigenvalue weighted by Crippen LogP contribution is -2.31. The molecule has 1 N–H and O–H groups in total. The minimum atomic E-state index is -0.299. The molecule has 0 amide bonds. The number of rotatable bonds is 4. The molecule has 7 heteroatoms. The number of aromatic hydroxyl groups is 1. The van der Waals surface area contributed by atoms with Crippen molar-refractivity contribution in [3.8, 4) is 23.0 Å². The van der Waals surface area contributed by atoms with Crippen LogP contribution in [-0.4, -0.2) is 39.0 Å². The maximum absolute atomic E-state index is 12.6. The topological polar surface area (TPSA) is 74.2 Å². The minimum absolute atomic E-state index is 0.0279. The van der Waals surface area contributed by atoms with Crippen molar-refractivity contribution in [1.82, 2.24) is 0 Å². The van der Waals surface area contributed by atoms with E-state index in [-0.39, 0.29) is 29.5 Å². The molecule has 2 aromatic rings. The number of fused-ring (bicyclic) bond motifs is 2. The van der Waals surface area contributed by atoms with Crippen molar-refractivity contribution in [3.63, 3.8) is 0 Å². The van der Waals surface area contributed by atoms with Gasteiger partial charge in [-0.1, -0.05) is 0 Å². The first-order valence-corrected chi connectivity index (χ1v) is 9.75. The zero-order chi connectivity index (χ0) is 20.0. The van der Waals surface area contributed by atoms with Gasteiger partial charge in [0.15, 0.2) is 23.0 Å². The third kappa shape index (κ3) is 2.89. The number of carbonyl (C=O) groups is 1. The molecule has 0 unspecified atom stereocenters. The van der Waals surface area contributed by atoms with Gasteiger partial charge in [0.2, 0.25) is 0 Å². The Morgan fingerprint density at radius 3 is 2.39 bits per heavy atom. The molecule has 4 rings (SSSR count). The van der Waals surface area contributed by atoms with Crippen molar-refractivity contribution in [2.45, 2.75) is 12.3 Å². The molecule has 0 spiro atoms. The molecule has 148 valence electrons. The van der Waals surface area contributed by atoms with Gasteiger partial charge in [-0.25, -0.2) is 0 Å². The number of hydrogen-bond acceptors (Lipinski definition) is 6. The fourth-order valence-electron chi connectivity index (χ4n) is 4.37. The fraction of sp³-hybridized carbons (Fsp3) is 0.381. The largest absolute Gasteiger partial charge is 0.503 e. The highest BCUT2D eigenvalue weighted by molar-refractivity contribution is 9.10. The van der Waals surface area contributed by atoms with Gasteiger partial charge < -0.3 is 24.1 Å². The van der Waals surface area contributed by atoms with Gasteiger partial charge in [0, 0.05) is 11.8 Å². The van der Waals surface area contributed by atoms with Crippen LogP contribution in [0.2, 0.25) is 0 Å². The van der Waals surface area contributed by atoms with Crippen molar-refractivity contribution in [1.29, 1.82) is 0 Å². The Kier molecular flexibility index (Phi) is 4.87. The first-order valence-electron chi connectivity index (χ1n) is 8.96. The standard InChI is InChI=1S/C21H21BrO6/c1-25-15-6-10-4-12-9-28-21(24)19(12)18(13(10)8-16(15)26-2)11-5-14(22)20(23)17(7-11)27-3/h5-8,12,18-19,23H,4,9H2,1-3H3/t12-,18-,19+/m1/s1. The molecule has 3 atom stereocenters. The summed E-state index contributed by atoms with van der Waals surface area (Å²) in [4.78, 5) is 12.6. The third-order valence-electron chi connectivity index (χ3n) is 5.67. The van der Waals surface area contributed by atoms with Gasteiger partial charge in [-0.2, -0.15) is 0 Å². The van der Waals surface area contributed by atoms with Crippen molar-refractivity contribution in [2.24, 2.45) is 11.8 Å². The van der Waals surface area contributed by atoms with Gasteiger partial charge in [0.05, 0.1) is 38.3 Å². The van der Waals surface area contributed by atoms with Crippen molar-refractivity contribution in [2.75, 3.05) is 27.9 Å². The van der Waals surface area contributed by atoms with E-state index in [1.54, 1.807) is 20.3 Å². The van der Waals surface area contributed by atoms with E-state index in [9.17, 15) is 9.90 Å². The molecule has 1 fully saturated rings. The number of methoxy groups -OCH3 is 3. The predicted octanol–water partition coefficient (Wildman–Crippen LogP) is 3.66. The number of ether oxygens (including phenoxy) is 4.